The fourth-order valence-electron chi connectivity index (χ4n) is 4.16. The topological polar surface area (TPSA) is 79.7 Å². The number of fused-ring (bicyclic) bond motifs is 4. The molecule has 2 bridgehead atoms. The van der Waals surface area contributed by atoms with Gasteiger partial charge in [-0.15, -0.1) is 0 Å². The molecule has 25 heavy (non-hydrogen) atoms. The van der Waals surface area contributed by atoms with E-state index in [0.717, 1.165) is 37.7 Å². The van der Waals surface area contributed by atoms with Gasteiger partial charge < -0.3 is 14.5 Å². The molecule has 0 spiro atoms. The number of nitrogens with zero attached hydrogens (tertiary/aromatic N) is 5. The minimum absolute atomic E-state index is 0.0477. The maximum Gasteiger partial charge on any atom is 0.261 e. The highest BCUT2D eigenvalue weighted by molar-refractivity contribution is 5.54. The zero-order chi connectivity index (χ0) is 16.8. The number of imidazole rings is 1. The van der Waals surface area contributed by atoms with Crippen LogP contribution >= 0.6 is 0 Å². The van der Waals surface area contributed by atoms with Crippen molar-refractivity contribution in [3.05, 3.63) is 59.0 Å². The second kappa shape index (κ2) is 5.54. The molecule has 2 aliphatic heterocycles. The van der Waals surface area contributed by atoms with Crippen LogP contribution in [0.15, 0.2) is 47.8 Å². The van der Waals surface area contributed by atoms with Crippen molar-refractivity contribution in [1.82, 2.24) is 24.5 Å². The highest BCUT2D eigenvalue weighted by atomic mass is 16.1. The Bertz CT molecular complexity index is 949. The Hall–Kier alpha value is -2.96. The lowest BCUT2D eigenvalue weighted by atomic mass is 9.83. The van der Waals surface area contributed by atoms with E-state index in [-0.39, 0.29) is 5.56 Å². The summed E-state index contributed by atoms with van der Waals surface area (Å²) in [5, 5.41) is 0. The fourth-order valence-corrected chi connectivity index (χ4v) is 4.16. The maximum atomic E-state index is 13.0. The average molecular weight is 334 g/mol. The molecule has 5 rings (SSSR count). The molecule has 126 valence electrons. The minimum Gasteiger partial charge on any atom is -0.344 e. The summed E-state index contributed by atoms with van der Waals surface area (Å²) in [7, 11) is 0. The summed E-state index contributed by atoms with van der Waals surface area (Å²) in [6, 6.07) is 5.81. The van der Waals surface area contributed by atoms with Crippen LogP contribution in [0.2, 0.25) is 0 Å². The highest BCUT2D eigenvalue weighted by Gasteiger charge is 2.35. The second-order valence-electron chi connectivity index (χ2n) is 6.78. The Balaban J connectivity index is 1.53. The van der Waals surface area contributed by atoms with Crippen molar-refractivity contribution < 1.29 is 0 Å². The molecule has 0 aliphatic carbocycles. The van der Waals surface area contributed by atoms with Crippen molar-refractivity contribution in [2.45, 2.75) is 18.9 Å². The predicted octanol–water partition coefficient (Wildman–Crippen LogP) is 1.65. The van der Waals surface area contributed by atoms with E-state index in [1.54, 1.807) is 24.8 Å². The first-order valence-electron chi connectivity index (χ1n) is 8.55. The third-order valence-electron chi connectivity index (χ3n) is 5.19. The van der Waals surface area contributed by atoms with E-state index in [0.29, 0.717) is 23.2 Å². The molecule has 3 aromatic heterocycles. The summed E-state index contributed by atoms with van der Waals surface area (Å²) in [5.74, 6) is 2.17. The monoisotopic (exact) mass is 334 g/mol. The van der Waals surface area contributed by atoms with Crippen molar-refractivity contribution in [2.75, 3.05) is 18.0 Å². The van der Waals surface area contributed by atoms with Crippen LogP contribution in [0.25, 0.3) is 11.4 Å². The first-order chi connectivity index (χ1) is 12.3. The number of hydrogen-bond donors (Lipinski definition) is 1. The molecule has 0 aromatic carbocycles. The lowest BCUT2D eigenvalue weighted by molar-refractivity contribution is 0.280. The molecule has 1 fully saturated rings. The largest absolute Gasteiger partial charge is 0.344 e. The molecular weight excluding hydrogens is 316 g/mol. The lowest BCUT2D eigenvalue weighted by Crippen LogP contribution is -2.47. The lowest BCUT2D eigenvalue weighted by Gasteiger charge is -2.42. The van der Waals surface area contributed by atoms with Gasteiger partial charge in [0.05, 0.1) is 5.56 Å². The molecule has 5 heterocycles. The molecule has 7 heteroatoms. The normalized spacial score (nSPS) is 21.8. The Morgan fingerprint density at radius 2 is 1.92 bits per heavy atom. The van der Waals surface area contributed by atoms with Gasteiger partial charge in [0.15, 0.2) is 0 Å². The van der Waals surface area contributed by atoms with Crippen LogP contribution in [-0.4, -0.2) is 37.6 Å². The van der Waals surface area contributed by atoms with E-state index in [4.69, 9.17) is 0 Å². The van der Waals surface area contributed by atoms with Crippen LogP contribution in [0.4, 0.5) is 5.95 Å². The molecular formula is C18H18N6O. The van der Waals surface area contributed by atoms with Crippen molar-refractivity contribution in [3.8, 4) is 11.4 Å². The Morgan fingerprint density at radius 3 is 2.72 bits per heavy atom. The summed E-state index contributed by atoms with van der Waals surface area (Å²) < 4.78 is 1.94. The molecule has 2 aliphatic rings. The van der Waals surface area contributed by atoms with Gasteiger partial charge >= 0.3 is 0 Å². The molecule has 3 aromatic rings. The first-order valence-corrected chi connectivity index (χ1v) is 8.55. The van der Waals surface area contributed by atoms with Crippen LogP contribution in [0, 0.1) is 5.92 Å². The molecule has 0 saturated carbocycles. The van der Waals surface area contributed by atoms with E-state index in [1.807, 2.05) is 16.7 Å². The summed E-state index contributed by atoms with van der Waals surface area (Å²) in [5.41, 5.74) is 1.79. The number of aromatic nitrogens is 5. The van der Waals surface area contributed by atoms with Crippen molar-refractivity contribution in [2.24, 2.45) is 5.92 Å². The third-order valence-corrected chi connectivity index (χ3v) is 5.19. The summed E-state index contributed by atoms with van der Waals surface area (Å²) in [6.45, 7) is 2.47. The molecule has 1 N–H and O–H groups in total. The SMILES string of the molecule is O=c1c(-c2ncc[nH]2)ccc2n1C[C@H]1C[C@@H]2CN(c2ncccn2)C1. The summed E-state index contributed by atoms with van der Waals surface area (Å²) >= 11 is 0. The number of anilines is 1. The third kappa shape index (κ3) is 2.34. The molecule has 2 atom stereocenters. The van der Waals surface area contributed by atoms with Crippen molar-refractivity contribution in [1.29, 1.82) is 0 Å². The molecule has 1 saturated heterocycles. The van der Waals surface area contributed by atoms with Gasteiger partial charge in [0.25, 0.3) is 5.56 Å². The van der Waals surface area contributed by atoms with Crippen LogP contribution < -0.4 is 10.5 Å². The van der Waals surface area contributed by atoms with Crippen LogP contribution in [-0.2, 0) is 6.54 Å². The number of rotatable bonds is 2. The van der Waals surface area contributed by atoms with Gasteiger partial charge in [-0.1, -0.05) is 0 Å². The number of hydrogen-bond acceptors (Lipinski definition) is 5. The second-order valence-corrected chi connectivity index (χ2v) is 6.78. The summed E-state index contributed by atoms with van der Waals surface area (Å²) in [4.78, 5) is 31.2. The standard InChI is InChI=1S/C18H18N6O/c25-17-14(16-19-6-7-20-16)2-3-15-13-8-12(10-24(15)17)9-23(11-13)18-21-4-1-5-22-18/h1-7,12-13H,8-11H2,(H,19,20)/t12-,13+/m0/s1. The number of H-pyrrole nitrogens is 1. The van der Waals surface area contributed by atoms with Gasteiger partial charge in [0, 0.05) is 56.0 Å². The first kappa shape index (κ1) is 14.4. The predicted molar refractivity (Wildman–Crippen MR) is 93.4 cm³/mol. The van der Waals surface area contributed by atoms with E-state index in [1.165, 1.54) is 0 Å². The van der Waals surface area contributed by atoms with E-state index in [9.17, 15) is 4.79 Å². The van der Waals surface area contributed by atoms with Gasteiger partial charge in [-0.05, 0) is 30.5 Å². The smallest absolute Gasteiger partial charge is 0.261 e. The summed E-state index contributed by atoms with van der Waals surface area (Å²) in [6.07, 6.45) is 8.08. The number of nitrogens with one attached hydrogen (secondary N) is 1. The number of aromatic amines is 1. The molecule has 0 radical (unpaired) electrons. The Kier molecular flexibility index (Phi) is 3.19. The van der Waals surface area contributed by atoms with Gasteiger partial charge in [0.1, 0.15) is 5.82 Å². The Labute approximate surface area is 144 Å². The van der Waals surface area contributed by atoms with E-state index >= 15 is 0 Å². The fraction of sp³-hybridized carbons (Fsp3) is 0.333. The maximum absolute atomic E-state index is 13.0. The van der Waals surface area contributed by atoms with Crippen LogP contribution in [0.5, 0.6) is 0 Å². The molecule has 7 nitrogen and oxygen atoms in total. The van der Waals surface area contributed by atoms with Gasteiger partial charge in [0.2, 0.25) is 5.95 Å². The van der Waals surface area contributed by atoms with Gasteiger partial charge in [-0.2, -0.15) is 0 Å². The zero-order valence-corrected chi connectivity index (χ0v) is 13.7. The van der Waals surface area contributed by atoms with Crippen LogP contribution in [0.1, 0.15) is 18.0 Å². The van der Waals surface area contributed by atoms with Crippen molar-refractivity contribution in [3.63, 3.8) is 0 Å². The highest BCUT2D eigenvalue weighted by Crippen LogP contribution is 2.36. The van der Waals surface area contributed by atoms with Gasteiger partial charge in [-0.3, -0.25) is 4.79 Å². The zero-order valence-electron chi connectivity index (χ0n) is 13.7. The minimum atomic E-state index is 0.0477. The number of piperidine rings is 1. The molecule has 0 unspecified atom stereocenters. The average Bonchev–Trinajstić information content (AvgIpc) is 3.18. The molecule has 0 amide bonds. The number of pyridine rings is 1. The van der Waals surface area contributed by atoms with E-state index in [2.05, 4.69) is 30.9 Å². The Morgan fingerprint density at radius 1 is 1.04 bits per heavy atom. The van der Waals surface area contributed by atoms with Gasteiger partial charge in [-0.25, -0.2) is 15.0 Å². The van der Waals surface area contributed by atoms with E-state index < -0.39 is 0 Å². The van der Waals surface area contributed by atoms with Crippen molar-refractivity contribution >= 4 is 5.95 Å². The quantitative estimate of drug-likeness (QED) is 0.771. The van der Waals surface area contributed by atoms with Crippen LogP contribution in [0.3, 0.4) is 0 Å².